The van der Waals surface area contributed by atoms with Gasteiger partial charge in [-0.2, -0.15) is 5.10 Å². The highest BCUT2D eigenvalue weighted by atomic mass is 16.1. The molecule has 0 amide bonds. The van der Waals surface area contributed by atoms with Gasteiger partial charge in [0.05, 0.1) is 0 Å². The minimum Gasteiger partial charge on any atom is -0.365 e. The number of fused-ring (bicyclic) bond motifs is 1. The molecule has 1 fully saturated rings. The fourth-order valence-electron chi connectivity index (χ4n) is 2.02. The third-order valence-corrected chi connectivity index (χ3v) is 3.20. The molecule has 6 heteroatoms. The van der Waals surface area contributed by atoms with Crippen molar-refractivity contribution in [3.63, 3.8) is 0 Å². The van der Waals surface area contributed by atoms with E-state index in [1.807, 2.05) is 0 Å². The summed E-state index contributed by atoms with van der Waals surface area (Å²) in [5.41, 5.74) is 0.483. The Hall–Kier alpha value is -1.85. The van der Waals surface area contributed by atoms with Crippen LogP contribution in [0.4, 0.5) is 5.82 Å². The summed E-state index contributed by atoms with van der Waals surface area (Å²) in [6, 6.07) is 1.78. The monoisotopic (exact) mass is 219 g/mol. The summed E-state index contributed by atoms with van der Waals surface area (Å²) in [4.78, 5) is 15.4. The minimum atomic E-state index is -0.260. The number of rotatable bonds is 2. The predicted octanol–water partition coefficient (Wildman–Crippen LogP) is 0.772. The molecule has 1 aliphatic rings. The van der Waals surface area contributed by atoms with Crippen molar-refractivity contribution >= 4 is 11.5 Å². The standard InChI is InChI=1S/C10H13N5O/c1-10(3-2-4-10)12-7-5-8-13-14-9(16)15(8)6-11-7/h5-6,12H,2-4H2,1H3,(H,14,16). The highest BCUT2D eigenvalue weighted by Crippen LogP contribution is 2.34. The molecule has 0 aromatic carbocycles. The number of anilines is 1. The van der Waals surface area contributed by atoms with Crippen LogP contribution in [0.15, 0.2) is 17.2 Å². The van der Waals surface area contributed by atoms with Gasteiger partial charge in [-0.3, -0.25) is 0 Å². The molecule has 0 atom stereocenters. The molecule has 0 aliphatic heterocycles. The third-order valence-electron chi connectivity index (χ3n) is 3.20. The van der Waals surface area contributed by atoms with Crippen molar-refractivity contribution in [3.05, 3.63) is 22.9 Å². The minimum absolute atomic E-state index is 0.155. The van der Waals surface area contributed by atoms with Gasteiger partial charge in [0.25, 0.3) is 0 Å². The average Bonchev–Trinajstić information content (AvgIpc) is 2.58. The molecule has 1 aliphatic carbocycles. The molecule has 2 heterocycles. The SMILES string of the molecule is CC1(Nc2cc3n[nH]c(=O)n3cn2)CCC1. The molecule has 1 saturated carbocycles. The van der Waals surface area contributed by atoms with E-state index in [0.717, 1.165) is 18.7 Å². The second kappa shape index (κ2) is 3.07. The smallest absolute Gasteiger partial charge is 0.348 e. The van der Waals surface area contributed by atoms with Crippen LogP contribution >= 0.6 is 0 Å². The van der Waals surface area contributed by atoms with Crippen molar-refractivity contribution in [1.29, 1.82) is 0 Å². The fourth-order valence-corrected chi connectivity index (χ4v) is 2.02. The van der Waals surface area contributed by atoms with Gasteiger partial charge < -0.3 is 5.32 Å². The summed E-state index contributed by atoms with van der Waals surface area (Å²) in [6.07, 6.45) is 5.07. The van der Waals surface area contributed by atoms with Crippen LogP contribution in [0.5, 0.6) is 0 Å². The van der Waals surface area contributed by atoms with Gasteiger partial charge >= 0.3 is 5.69 Å². The van der Waals surface area contributed by atoms with Gasteiger partial charge in [-0.1, -0.05) is 0 Å². The van der Waals surface area contributed by atoms with E-state index < -0.39 is 0 Å². The van der Waals surface area contributed by atoms with Crippen molar-refractivity contribution < 1.29 is 0 Å². The highest BCUT2D eigenvalue weighted by molar-refractivity contribution is 5.49. The number of nitrogens with zero attached hydrogens (tertiary/aromatic N) is 3. The molecule has 2 aromatic heterocycles. The summed E-state index contributed by atoms with van der Waals surface area (Å²) < 4.78 is 1.38. The molecule has 0 spiro atoms. The number of H-pyrrole nitrogens is 1. The Labute approximate surface area is 91.7 Å². The lowest BCUT2D eigenvalue weighted by atomic mass is 9.78. The molecule has 0 bridgehead atoms. The van der Waals surface area contributed by atoms with Crippen molar-refractivity contribution in [2.45, 2.75) is 31.7 Å². The van der Waals surface area contributed by atoms with Crippen LogP contribution in [0.25, 0.3) is 5.65 Å². The first-order chi connectivity index (χ1) is 7.66. The molecule has 16 heavy (non-hydrogen) atoms. The van der Waals surface area contributed by atoms with Gasteiger partial charge in [0.2, 0.25) is 0 Å². The normalized spacial score (nSPS) is 18.3. The Morgan fingerprint density at radius 3 is 3.06 bits per heavy atom. The maximum Gasteiger partial charge on any atom is 0.348 e. The van der Waals surface area contributed by atoms with Gasteiger partial charge in [-0.05, 0) is 26.2 Å². The zero-order chi connectivity index (χ0) is 11.2. The largest absolute Gasteiger partial charge is 0.365 e. The van der Waals surface area contributed by atoms with Crippen LogP contribution < -0.4 is 11.0 Å². The van der Waals surface area contributed by atoms with Crippen LogP contribution in [-0.4, -0.2) is 25.1 Å². The lowest BCUT2D eigenvalue weighted by molar-refractivity contribution is 0.306. The summed E-state index contributed by atoms with van der Waals surface area (Å²) in [6.45, 7) is 2.18. The van der Waals surface area contributed by atoms with E-state index in [9.17, 15) is 4.79 Å². The van der Waals surface area contributed by atoms with Crippen LogP contribution in [0.1, 0.15) is 26.2 Å². The van der Waals surface area contributed by atoms with Crippen LogP contribution in [0, 0.1) is 0 Å². The molecule has 3 rings (SSSR count). The summed E-state index contributed by atoms with van der Waals surface area (Å²) in [5, 5.41) is 9.66. The summed E-state index contributed by atoms with van der Waals surface area (Å²) in [5.74, 6) is 0.772. The predicted molar refractivity (Wildman–Crippen MR) is 59.5 cm³/mol. The first-order valence-corrected chi connectivity index (χ1v) is 5.37. The van der Waals surface area contributed by atoms with Crippen molar-refractivity contribution in [2.75, 3.05) is 5.32 Å². The van der Waals surface area contributed by atoms with Gasteiger partial charge in [0.15, 0.2) is 5.65 Å². The van der Waals surface area contributed by atoms with Crippen molar-refractivity contribution in [2.24, 2.45) is 0 Å². The van der Waals surface area contributed by atoms with Gasteiger partial charge in [-0.25, -0.2) is 19.3 Å². The Balaban J connectivity index is 1.96. The Morgan fingerprint density at radius 2 is 2.38 bits per heavy atom. The summed E-state index contributed by atoms with van der Waals surface area (Å²) >= 11 is 0. The average molecular weight is 219 g/mol. The topological polar surface area (TPSA) is 75.1 Å². The van der Waals surface area contributed by atoms with Gasteiger partial charge in [0.1, 0.15) is 12.1 Å². The van der Waals surface area contributed by atoms with E-state index in [-0.39, 0.29) is 11.2 Å². The maximum absolute atomic E-state index is 11.2. The molecule has 0 radical (unpaired) electrons. The van der Waals surface area contributed by atoms with Crippen molar-refractivity contribution in [3.8, 4) is 0 Å². The van der Waals surface area contributed by atoms with E-state index in [0.29, 0.717) is 5.65 Å². The Morgan fingerprint density at radius 1 is 1.56 bits per heavy atom. The lowest BCUT2D eigenvalue weighted by Gasteiger charge is -2.39. The van der Waals surface area contributed by atoms with E-state index in [1.165, 1.54) is 17.1 Å². The number of nitrogens with one attached hydrogen (secondary N) is 2. The molecular weight excluding hydrogens is 206 g/mol. The maximum atomic E-state index is 11.2. The number of aromatic nitrogens is 4. The molecule has 2 N–H and O–H groups in total. The molecule has 84 valence electrons. The molecule has 6 nitrogen and oxygen atoms in total. The van der Waals surface area contributed by atoms with E-state index in [4.69, 9.17) is 0 Å². The van der Waals surface area contributed by atoms with Gasteiger partial charge in [-0.15, -0.1) is 0 Å². The number of hydrogen-bond donors (Lipinski definition) is 2. The molecular formula is C10H13N5O. The Bertz CT molecular complexity index is 580. The van der Waals surface area contributed by atoms with E-state index >= 15 is 0 Å². The number of hydrogen-bond acceptors (Lipinski definition) is 4. The number of aromatic amines is 1. The third kappa shape index (κ3) is 1.37. The van der Waals surface area contributed by atoms with E-state index in [1.54, 1.807) is 6.07 Å². The van der Waals surface area contributed by atoms with Crippen LogP contribution in [-0.2, 0) is 0 Å². The summed E-state index contributed by atoms with van der Waals surface area (Å²) in [7, 11) is 0. The first kappa shape index (κ1) is 9.38. The van der Waals surface area contributed by atoms with Crippen molar-refractivity contribution in [1.82, 2.24) is 19.6 Å². The van der Waals surface area contributed by atoms with Crippen LogP contribution in [0.2, 0.25) is 0 Å². The zero-order valence-corrected chi connectivity index (χ0v) is 9.03. The first-order valence-electron chi connectivity index (χ1n) is 5.37. The van der Waals surface area contributed by atoms with E-state index in [2.05, 4.69) is 27.4 Å². The van der Waals surface area contributed by atoms with Gasteiger partial charge in [0, 0.05) is 11.6 Å². The molecule has 2 aromatic rings. The second-order valence-electron chi connectivity index (χ2n) is 4.57. The quantitative estimate of drug-likeness (QED) is 0.782. The van der Waals surface area contributed by atoms with Crippen LogP contribution in [0.3, 0.4) is 0 Å². The fraction of sp³-hybridized carbons (Fsp3) is 0.500. The second-order valence-corrected chi connectivity index (χ2v) is 4.57. The zero-order valence-electron chi connectivity index (χ0n) is 9.03. The Kier molecular flexibility index (Phi) is 1.80. The molecule has 0 unspecified atom stereocenters. The lowest BCUT2D eigenvalue weighted by Crippen LogP contribution is -2.41. The highest BCUT2D eigenvalue weighted by Gasteiger charge is 2.31. The molecule has 0 saturated heterocycles.